The van der Waals surface area contributed by atoms with Crippen molar-refractivity contribution in [3.63, 3.8) is 0 Å². The zero-order valence-electron chi connectivity index (χ0n) is 10.2. The highest BCUT2D eigenvalue weighted by molar-refractivity contribution is 5.33. The largest absolute Gasteiger partial charge is 0.508 e. The molecule has 1 N–H and O–H groups in total. The minimum absolute atomic E-state index is 0.0288. The van der Waals surface area contributed by atoms with E-state index in [0.717, 1.165) is 19.3 Å². The SMILES string of the molecule is C=CCC(CC=C)(CC=C)c1ccc(O)cc1. The fraction of sp³-hybridized carbons (Fsp3) is 0.250. The van der Waals surface area contributed by atoms with Crippen molar-refractivity contribution in [1.82, 2.24) is 0 Å². The lowest BCUT2D eigenvalue weighted by atomic mass is 9.72. The number of allylic oxidation sites excluding steroid dienone is 3. The van der Waals surface area contributed by atoms with Gasteiger partial charge in [0, 0.05) is 5.41 Å². The maximum absolute atomic E-state index is 9.35. The maximum Gasteiger partial charge on any atom is 0.115 e. The molecule has 0 radical (unpaired) electrons. The molecule has 1 heteroatoms. The Bertz CT molecular complexity index is 360. The number of hydrogen-bond acceptors (Lipinski definition) is 1. The minimum Gasteiger partial charge on any atom is -0.508 e. The summed E-state index contributed by atoms with van der Waals surface area (Å²) in [6.45, 7) is 11.5. The number of phenolic OH excluding ortho intramolecular Hbond substituents is 1. The summed E-state index contributed by atoms with van der Waals surface area (Å²) in [5.41, 5.74) is 1.16. The van der Waals surface area contributed by atoms with Crippen LogP contribution in [0.4, 0.5) is 0 Å². The Labute approximate surface area is 104 Å². The highest BCUT2D eigenvalue weighted by Gasteiger charge is 2.28. The summed E-state index contributed by atoms with van der Waals surface area (Å²) in [5, 5.41) is 9.35. The van der Waals surface area contributed by atoms with E-state index in [1.807, 2.05) is 30.4 Å². The van der Waals surface area contributed by atoms with Crippen molar-refractivity contribution in [2.24, 2.45) is 0 Å². The summed E-state index contributed by atoms with van der Waals surface area (Å²) in [5.74, 6) is 0.290. The first-order chi connectivity index (χ1) is 8.18. The minimum atomic E-state index is -0.0288. The van der Waals surface area contributed by atoms with Crippen molar-refractivity contribution in [2.75, 3.05) is 0 Å². The average Bonchev–Trinajstić information content (AvgIpc) is 2.30. The van der Waals surface area contributed by atoms with Crippen LogP contribution in [0.15, 0.2) is 62.2 Å². The molecule has 1 rings (SSSR count). The summed E-state index contributed by atoms with van der Waals surface area (Å²) in [6, 6.07) is 7.37. The molecule has 0 aliphatic heterocycles. The second-order valence-corrected chi connectivity index (χ2v) is 4.31. The zero-order valence-corrected chi connectivity index (χ0v) is 10.2. The third kappa shape index (κ3) is 3.10. The quantitative estimate of drug-likeness (QED) is 0.687. The Hall–Kier alpha value is -1.76. The monoisotopic (exact) mass is 228 g/mol. The van der Waals surface area contributed by atoms with Crippen LogP contribution < -0.4 is 0 Å². The lowest BCUT2D eigenvalue weighted by Gasteiger charge is -2.31. The van der Waals surface area contributed by atoms with E-state index in [1.165, 1.54) is 5.56 Å². The molecule has 0 heterocycles. The van der Waals surface area contributed by atoms with Crippen molar-refractivity contribution in [1.29, 1.82) is 0 Å². The first-order valence-corrected chi connectivity index (χ1v) is 5.81. The van der Waals surface area contributed by atoms with Crippen LogP contribution in [0, 0.1) is 0 Å². The molecular weight excluding hydrogens is 208 g/mol. The van der Waals surface area contributed by atoms with Crippen LogP contribution in [0.1, 0.15) is 24.8 Å². The van der Waals surface area contributed by atoms with Crippen LogP contribution >= 0.6 is 0 Å². The topological polar surface area (TPSA) is 20.2 Å². The fourth-order valence-electron chi connectivity index (χ4n) is 2.25. The van der Waals surface area contributed by atoms with Gasteiger partial charge < -0.3 is 5.11 Å². The van der Waals surface area contributed by atoms with Gasteiger partial charge >= 0.3 is 0 Å². The number of hydrogen-bond donors (Lipinski definition) is 1. The van der Waals surface area contributed by atoms with Gasteiger partial charge in [0.25, 0.3) is 0 Å². The highest BCUT2D eigenvalue weighted by atomic mass is 16.3. The van der Waals surface area contributed by atoms with Crippen LogP contribution in [0.2, 0.25) is 0 Å². The van der Waals surface area contributed by atoms with Gasteiger partial charge in [-0.1, -0.05) is 30.4 Å². The molecule has 0 fully saturated rings. The first kappa shape index (κ1) is 13.3. The Morgan fingerprint density at radius 1 is 0.882 bits per heavy atom. The zero-order chi connectivity index (χ0) is 12.7. The summed E-state index contributed by atoms with van der Waals surface area (Å²) in [6.07, 6.45) is 8.40. The third-order valence-corrected chi connectivity index (χ3v) is 3.08. The molecule has 1 aromatic carbocycles. The molecule has 0 aromatic heterocycles. The molecule has 0 unspecified atom stereocenters. The van der Waals surface area contributed by atoms with Gasteiger partial charge in [-0.15, -0.1) is 19.7 Å². The molecule has 0 aliphatic carbocycles. The van der Waals surface area contributed by atoms with Gasteiger partial charge in [0.05, 0.1) is 0 Å². The van der Waals surface area contributed by atoms with Crippen molar-refractivity contribution in [2.45, 2.75) is 24.7 Å². The van der Waals surface area contributed by atoms with Gasteiger partial charge in [-0.25, -0.2) is 0 Å². The van der Waals surface area contributed by atoms with E-state index >= 15 is 0 Å². The summed E-state index contributed by atoms with van der Waals surface area (Å²) in [4.78, 5) is 0. The van der Waals surface area contributed by atoms with Gasteiger partial charge in [-0.3, -0.25) is 0 Å². The summed E-state index contributed by atoms with van der Waals surface area (Å²) in [7, 11) is 0. The standard InChI is InChI=1S/C16H20O/c1-4-11-16(12-5-2,13-6-3)14-7-9-15(17)10-8-14/h4-10,17H,1-3,11-13H2. The van der Waals surface area contributed by atoms with E-state index in [-0.39, 0.29) is 5.41 Å². The number of phenols is 1. The van der Waals surface area contributed by atoms with Crippen LogP contribution in [0.3, 0.4) is 0 Å². The Morgan fingerprint density at radius 2 is 1.29 bits per heavy atom. The van der Waals surface area contributed by atoms with E-state index in [2.05, 4.69) is 19.7 Å². The van der Waals surface area contributed by atoms with Crippen LogP contribution in [0.25, 0.3) is 0 Å². The molecule has 0 aliphatic rings. The second-order valence-electron chi connectivity index (χ2n) is 4.31. The van der Waals surface area contributed by atoms with Gasteiger partial charge in [0.1, 0.15) is 5.75 Å². The number of aromatic hydroxyl groups is 1. The molecule has 0 saturated carbocycles. The van der Waals surface area contributed by atoms with E-state index in [1.54, 1.807) is 12.1 Å². The van der Waals surface area contributed by atoms with E-state index < -0.39 is 0 Å². The lowest BCUT2D eigenvalue weighted by Crippen LogP contribution is -2.24. The van der Waals surface area contributed by atoms with Crippen LogP contribution in [-0.4, -0.2) is 5.11 Å². The fourth-order valence-corrected chi connectivity index (χ4v) is 2.25. The highest BCUT2D eigenvalue weighted by Crippen LogP contribution is 2.37. The second kappa shape index (κ2) is 6.09. The number of rotatable bonds is 7. The molecular formula is C16H20O. The predicted molar refractivity (Wildman–Crippen MR) is 74.2 cm³/mol. The average molecular weight is 228 g/mol. The van der Waals surface area contributed by atoms with E-state index in [0.29, 0.717) is 5.75 Å². The van der Waals surface area contributed by atoms with Crippen LogP contribution in [-0.2, 0) is 5.41 Å². The lowest BCUT2D eigenvalue weighted by molar-refractivity contribution is 0.439. The predicted octanol–water partition coefficient (Wildman–Crippen LogP) is 4.36. The van der Waals surface area contributed by atoms with Crippen molar-refractivity contribution in [3.8, 4) is 5.75 Å². The smallest absolute Gasteiger partial charge is 0.115 e. The van der Waals surface area contributed by atoms with Gasteiger partial charge in [0.2, 0.25) is 0 Å². The van der Waals surface area contributed by atoms with Gasteiger partial charge in [0.15, 0.2) is 0 Å². The Balaban J connectivity index is 3.17. The molecule has 1 aromatic rings. The molecule has 17 heavy (non-hydrogen) atoms. The van der Waals surface area contributed by atoms with Crippen molar-refractivity contribution in [3.05, 3.63) is 67.8 Å². The van der Waals surface area contributed by atoms with Gasteiger partial charge in [-0.2, -0.15) is 0 Å². The molecule has 1 nitrogen and oxygen atoms in total. The maximum atomic E-state index is 9.35. The molecule has 0 amide bonds. The summed E-state index contributed by atoms with van der Waals surface area (Å²) < 4.78 is 0. The van der Waals surface area contributed by atoms with Crippen molar-refractivity contribution >= 4 is 0 Å². The normalized spacial score (nSPS) is 10.8. The van der Waals surface area contributed by atoms with E-state index in [4.69, 9.17) is 0 Å². The Kier molecular flexibility index (Phi) is 4.77. The molecule has 0 bridgehead atoms. The third-order valence-electron chi connectivity index (χ3n) is 3.08. The van der Waals surface area contributed by atoms with Crippen molar-refractivity contribution < 1.29 is 5.11 Å². The molecule has 0 saturated heterocycles. The Morgan fingerprint density at radius 3 is 1.65 bits per heavy atom. The van der Waals surface area contributed by atoms with E-state index in [9.17, 15) is 5.11 Å². The molecule has 90 valence electrons. The molecule has 0 spiro atoms. The van der Waals surface area contributed by atoms with Crippen LogP contribution in [0.5, 0.6) is 5.75 Å². The van der Waals surface area contributed by atoms with Gasteiger partial charge in [-0.05, 0) is 37.0 Å². The summed E-state index contributed by atoms with van der Waals surface area (Å²) >= 11 is 0. The molecule has 0 atom stereocenters. The first-order valence-electron chi connectivity index (χ1n) is 5.81. The number of benzene rings is 1.